The van der Waals surface area contributed by atoms with Crippen molar-refractivity contribution in [3.8, 4) is 0 Å². The van der Waals surface area contributed by atoms with E-state index in [-0.39, 0.29) is 28.0 Å². The van der Waals surface area contributed by atoms with E-state index in [0.717, 1.165) is 0 Å². The molecule has 5 nitrogen and oxygen atoms in total. The summed E-state index contributed by atoms with van der Waals surface area (Å²) in [6, 6.07) is -0.278. The summed E-state index contributed by atoms with van der Waals surface area (Å²) < 4.78 is 0. The van der Waals surface area contributed by atoms with Crippen LogP contribution in [0.4, 0.5) is 0 Å². The Morgan fingerprint density at radius 3 is 1.00 bits per heavy atom. The highest BCUT2D eigenvalue weighted by Crippen LogP contribution is 1.53. The second-order valence-corrected chi connectivity index (χ2v) is 0.359. The van der Waals surface area contributed by atoms with Gasteiger partial charge in [0.1, 0.15) is 6.07 Å². The lowest BCUT2D eigenvalue weighted by atomic mass is 11.7. The van der Waals surface area contributed by atoms with Crippen LogP contribution >= 0.6 is 11.6 Å². The lowest BCUT2D eigenvalue weighted by Gasteiger charge is -1.49. The molecule has 0 radical (unpaired) electrons. The van der Waals surface area contributed by atoms with Crippen molar-refractivity contribution in [1.82, 2.24) is 0 Å². The van der Waals surface area contributed by atoms with Gasteiger partial charge in [-0.25, -0.2) is 0 Å². The van der Waals surface area contributed by atoms with E-state index in [1.54, 1.807) is 0 Å². The molecule has 0 rings (SSSR count). The van der Waals surface area contributed by atoms with Crippen molar-refractivity contribution >= 4 is 11.6 Å². The first kappa shape index (κ1) is 60.2. The first-order chi connectivity index (χ1) is 1.41. The Balaban J connectivity index is -0.00000000333. The van der Waals surface area contributed by atoms with Crippen molar-refractivity contribution in [2.45, 2.75) is 0 Å². The van der Waals surface area contributed by atoms with Gasteiger partial charge < -0.3 is 27.0 Å². The third-order valence-electron chi connectivity index (χ3n) is 0. The number of aliphatic hydroxyl groups excluding tert-OH is 1. The number of aliphatic hydroxyl groups is 1. The van der Waals surface area contributed by atoms with Crippen molar-refractivity contribution in [1.29, 1.82) is 0 Å². The summed E-state index contributed by atoms with van der Waals surface area (Å²) in [6.07, 6.45) is 0. The lowest BCUT2D eigenvalue weighted by Crippen LogP contribution is -1.49. The van der Waals surface area contributed by atoms with E-state index in [9.17, 15) is 0 Å². The van der Waals surface area contributed by atoms with E-state index in [4.69, 9.17) is 5.11 Å². The fraction of sp³-hybridized carbons (Fsp3) is 1.00. The molecule has 0 aliphatic carbocycles. The van der Waals surface area contributed by atoms with Crippen LogP contribution in [-0.4, -0.2) is 33.1 Å². The Morgan fingerprint density at radius 2 is 1.00 bits per heavy atom. The van der Waals surface area contributed by atoms with Gasteiger partial charge >= 0.3 is 0 Å². The van der Waals surface area contributed by atoms with Crippen molar-refractivity contribution in [3.63, 3.8) is 0 Å². The molecule has 0 heterocycles. The third-order valence-corrected chi connectivity index (χ3v) is 0. The molecule has 0 amide bonds. The van der Waals surface area contributed by atoms with Gasteiger partial charge in [0.25, 0.3) is 0 Å². The van der Waals surface area contributed by atoms with E-state index < -0.39 is 0 Å². The molecule has 0 aromatic heterocycles. The van der Waals surface area contributed by atoms with Crippen LogP contribution in [0.15, 0.2) is 0 Å². The zero-order chi connectivity index (χ0) is 2.71. The first-order valence-electron chi connectivity index (χ1n) is 0.583. The SMILES string of the molecule is O.O.O.O.OCCl. The Labute approximate surface area is 45.8 Å². The molecule has 0 fully saturated rings. The molecular formula is CH11ClO5. The topological polar surface area (TPSA) is 146 Å². The lowest BCUT2D eigenvalue weighted by molar-refractivity contribution is 0.370. The van der Waals surface area contributed by atoms with Crippen LogP contribution in [0, 0.1) is 0 Å². The minimum absolute atomic E-state index is 0. The van der Waals surface area contributed by atoms with Crippen LogP contribution in [0.25, 0.3) is 0 Å². The van der Waals surface area contributed by atoms with E-state index in [1.807, 2.05) is 0 Å². The minimum atomic E-state index is -0.278. The van der Waals surface area contributed by atoms with Gasteiger partial charge in [0.15, 0.2) is 0 Å². The Kier molecular flexibility index (Phi) is 1140. The summed E-state index contributed by atoms with van der Waals surface area (Å²) in [5, 5.41) is 7.33. The normalized spacial score (nSPS) is 2.57. The second kappa shape index (κ2) is 133. The van der Waals surface area contributed by atoms with Gasteiger partial charge in [0.2, 0.25) is 0 Å². The van der Waals surface area contributed by atoms with Gasteiger partial charge in [-0.3, -0.25) is 0 Å². The maximum Gasteiger partial charge on any atom is 0.117 e. The molecule has 0 saturated carbocycles. The molecule has 6 heteroatoms. The average molecular weight is 139 g/mol. The number of hydrogen-bond acceptors (Lipinski definition) is 1. The van der Waals surface area contributed by atoms with Gasteiger partial charge in [-0.05, 0) is 0 Å². The minimum Gasteiger partial charge on any atom is -0.412 e. The summed E-state index contributed by atoms with van der Waals surface area (Å²) in [6.45, 7) is 0. The fourth-order valence-corrected chi connectivity index (χ4v) is 0. The zero-order valence-corrected chi connectivity index (χ0v) is 4.29. The number of rotatable bonds is 0. The molecule has 0 atom stereocenters. The summed E-state index contributed by atoms with van der Waals surface area (Å²) in [5.74, 6) is 0. The smallest absolute Gasteiger partial charge is 0.117 e. The molecule has 52 valence electrons. The average Bonchev–Trinajstić information content (AvgIpc) is 0.918. The largest absolute Gasteiger partial charge is 0.412 e. The maximum absolute atomic E-state index is 7.33. The quantitative estimate of drug-likeness (QED) is 0.347. The van der Waals surface area contributed by atoms with Crippen molar-refractivity contribution in [3.05, 3.63) is 0 Å². The summed E-state index contributed by atoms with van der Waals surface area (Å²) in [4.78, 5) is 0. The summed E-state index contributed by atoms with van der Waals surface area (Å²) in [7, 11) is 0. The van der Waals surface area contributed by atoms with Gasteiger partial charge in [-0.2, -0.15) is 0 Å². The first-order valence-corrected chi connectivity index (χ1v) is 1.12. The van der Waals surface area contributed by atoms with E-state index in [0.29, 0.717) is 0 Å². The van der Waals surface area contributed by atoms with Crippen LogP contribution in [0.2, 0.25) is 0 Å². The summed E-state index contributed by atoms with van der Waals surface area (Å²) in [5.41, 5.74) is 0. The molecular weight excluding hydrogens is 127 g/mol. The Morgan fingerprint density at radius 1 is 1.00 bits per heavy atom. The predicted octanol–water partition coefficient (Wildman–Crippen LogP) is -3.12. The standard InChI is InChI=1S/CH3ClO.4H2O/c2-1-3;;;;/h3H,1H2;4*1H2. The fourth-order valence-electron chi connectivity index (χ4n) is 0. The van der Waals surface area contributed by atoms with Crippen LogP contribution in [0.5, 0.6) is 0 Å². The van der Waals surface area contributed by atoms with Crippen molar-refractivity contribution in [2.24, 2.45) is 0 Å². The number of alkyl halides is 1. The van der Waals surface area contributed by atoms with E-state index >= 15 is 0 Å². The molecule has 0 spiro atoms. The molecule has 0 aliphatic rings. The van der Waals surface area contributed by atoms with Crippen LogP contribution in [0.3, 0.4) is 0 Å². The van der Waals surface area contributed by atoms with Crippen molar-refractivity contribution in [2.75, 3.05) is 6.07 Å². The molecule has 0 bridgehead atoms. The molecule has 0 aromatic carbocycles. The molecule has 9 N–H and O–H groups in total. The molecule has 0 aromatic rings. The van der Waals surface area contributed by atoms with Crippen LogP contribution in [-0.2, 0) is 0 Å². The zero-order valence-electron chi connectivity index (χ0n) is 3.53. The Hall–Kier alpha value is 0.0900. The highest BCUT2D eigenvalue weighted by atomic mass is 35.5. The van der Waals surface area contributed by atoms with Crippen LogP contribution in [0.1, 0.15) is 0 Å². The summed E-state index contributed by atoms with van der Waals surface area (Å²) >= 11 is 4.55. The number of halogens is 1. The van der Waals surface area contributed by atoms with Gasteiger partial charge in [0, 0.05) is 0 Å². The van der Waals surface area contributed by atoms with E-state index in [1.165, 1.54) is 0 Å². The van der Waals surface area contributed by atoms with Gasteiger partial charge in [-0.1, -0.05) is 11.6 Å². The Bertz CT molecular complexity index is 8.04. The predicted molar refractivity (Wildman–Crippen MR) is 27.4 cm³/mol. The highest BCUT2D eigenvalue weighted by molar-refractivity contribution is 6.16. The third kappa shape index (κ3) is 12600. The van der Waals surface area contributed by atoms with E-state index in [2.05, 4.69) is 11.6 Å². The molecule has 7 heavy (non-hydrogen) atoms. The van der Waals surface area contributed by atoms with Crippen molar-refractivity contribution < 1.29 is 27.0 Å². The maximum atomic E-state index is 7.33. The van der Waals surface area contributed by atoms with Gasteiger partial charge in [-0.15, -0.1) is 0 Å². The second-order valence-electron chi connectivity index (χ2n) is 0.120. The molecule has 0 aliphatic heterocycles. The van der Waals surface area contributed by atoms with Gasteiger partial charge in [0.05, 0.1) is 0 Å². The highest BCUT2D eigenvalue weighted by Gasteiger charge is 1.37. The monoisotopic (exact) mass is 138 g/mol. The number of hydrogen-bond donors (Lipinski definition) is 1. The molecule has 0 unspecified atom stereocenters. The molecule has 0 saturated heterocycles. The van der Waals surface area contributed by atoms with Crippen LogP contribution < -0.4 is 0 Å².